The molecule has 6 nitrogen and oxygen atoms in total. The minimum absolute atomic E-state index is 0.000300. The van der Waals surface area contributed by atoms with Crippen molar-refractivity contribution in [2.75, 3.05) is 7.11 Å². The van der Waals surface area contributed by atoms with Crippen molar-refractivity contribution in [3.63, 3.8) is 0 Å². The number of nitrogens with zero attached hydrogens (tertiary/aromatic N) is 1. The standard InChI is InChI=1S/C16H13BrN2O4S/c1-22-13-7-9(5-11(17)14(13)20)6-12-15(21)19(16(24)18-12)8-10-3-2-4-23-10/h2-7,20H,8H2,1H3,(H,18,24)/b12-6-. The topological polar surface area (TPSA) is 74.9 Å². The molecule has 1 aromatic carbocycles. The van der Waals surface area contributed by atoms with Crippen LogP contribution in [0.15, 0.2) is 45.1 Å². The van der Waals surface area contributed by atoms with Gasteiger partial charge in [0.05, 0.1) is 24.4 Å². The number of phenolic OH excluding ortho intramolecular Hbond substituents is 1. The third kappa shape index (κ3) is 3.15. The summed E-state index contributed by atoms with van der Waals surface area (Å²) in [4.78, 5) is 13.9. The number of thiocarbonyl (C=S) groups is 1. The highest BCUT2D eigenvalue weighted by Gasteiger charge is 2.31. The summed E-state index contributed by atoms with van der Waals surface area (Å²) >= 11 is 8.47. The molecule has 0 bridgehead atoms. The molecule has 1 amide bonds. The van der Waals surface area contributed by atoms with Crippen LogP contribution in [0.5, 0.6) is 11.5 Å². The van der Waals surface area contributed by atoms with E-state index in [1.165, 1.54) is 12.0 Å². The number of benzene rings is 1. The highest BCUT2D eigenvalue weighted by Crippen LogP contribution is 2.36. The summed E-state index contributed by atoms with van der Waals surface area (Å²) in [6.07, 6.45) is 3.19. The average molecular weight is 409 g/mol. The summed E-state index contributed by atoms with van der Waals surface area (Å²) in [5.74, 6) is 0.694. The number of amides is 1. The highest BCUT2D eigenvalue weighted by atomic mass is 79.9. The quantitative estimate of drug-likeness (QED) is 0.598. The van der Waals surface area contributed by atoms with Crippen molar-refractivity contribution in [3.05, 3.63) is 52.0 Å². The number of nitrogens with one attached hydrogen (secondary N) is 1. The third-order valence-corrected chi connectivity index (χ3v) is 4.36. The summed E-state index contributed by atoms with van der Waals surface area (Å²) in [5, 5.41) is 13.1. The zero-order valence-electron chi connectivity index (χ0n) is 12.6. The molecule has 2 heterocycles. The predicted molar refractivity (Wildman–Crippen MR) is 95.3 cm³/mol. The zero-order chi connectivity index (χ0) is 17.3. The molecule has 1 aliphatic rings. The number of hydrogen-bond donors (Lipinski definition) is 2. The number of ether oxygens (including phenoxy) is 1. The average Bonchev–Trinajstić information content (AvgIpc) is 3.15. The Morgan fingerprint density at radius 3 is 2.96 bits per heavy atom. The van der Waals surface area contributed by atoms with Gasteiger partial charge in [0.2, 0.25) is 0 Å². The fourth-order valence-electron chi connectivity index (χ4n) is 2.27. The Labute approximate surface area is 151 Å². The molecule has 0 spiro atoms. The second kappa shape index (κ2) is 6.66. The van der Waals surface area contributed by atoms with E-state index in [2.05, 4.69) is 21.2 Å². The number of hydrogen-bond acceptors (Lipinski definition) is 5. The monoisotopic (exact) mass is 408 g/mol. The number of carbonyl (C=O) groups is 1. The van der Waals surface area contributed by atoms with E-state index in [0.29, 0.717) is 32.4 Å². The lowest BCUT2D eigenvalue weighted by Gasteiger charge is -2.11. The fraction of sp³-hybridized carbons (Fsp3) is 0.125. The van der Waals surface area contributed by atoms with E-state index in [1.54, 1.807) is 36.6 Å². The Bertz CT molecular complexity index is 833. The first-order chi connectivity index (χ1) is 11.5. The summed E-state index contributed by atoms with van der Waals surface area (Å²) in [7, 11) is 1.46. The zero-order valence-corrected chi connectivity index (χ0v) is 15.0. The van der Waals surface area contributed by atoms with Crippen molar-refractivity contribution in [3.8, 4) is 11.5 Å². The van der Waals surface area contributed by atoms with Crippen LogP contribution in [0.25, 0.3) is 6.08 Å². The SMILES string of the molecule is COc1cc(/C=C2\NC(=S)N(Cc3ccco3)C2=O)cc(Br)c1O. The molecule has 8 heteroatoms. The van der Waals surface area contributed by atoms with Gasteiger partial charge in [0.25, 0.3) is 5.91 Å². The molecule has 0 unspecified atom stereocenters. The van der Waals surface area contributed by atoms with Gasteiger partial charge >= 0.3 is 0 Å². The largest absolute Gasteiger partial charge is 0.503 e. The van der Waals surface area contributed by atoms with Gasteiger partial charge < -0.3 is 19.6 Å². The maximum absolute atomic E-state index is 12.5. The molecule has 1 fully saturated rings. The molecule has 2 N–H and O–H groups in total. The lowest BCUT2D eigenvalue weighted by molar-refractivity contribution is -0.122. The first kappa shape index (κ1) is 16.5. The van der Waals surface area contributed by atoms with E-state index in [0.717, 1.165) is 0 Å². The van der Waals surface area contributed by atoms with Gasteiger partial charge in [0.1, 0.15) is 11.5 Å². The lowest BCUT2D eigenvalue weighted by Crippen LogP contribution is -2.29. The molecule has 24 heavy (non-hydrogen) atoms. The number of aromatic hydroxyl groups is 1. The van der Waals surface area contributed by atoms with E-state index in [-0.39, 0.29) is 18.2 Å². The number of phenols is 1. The van der Waals surface area contributed by atoms with Crippen LogP contribution < -0.4 is 10.1 Å². The Kier molecular flexibility index (Phi) is 4.59. The van der Waals surface area contributed by atoms with Crippen molar-refractivity contribution in [2.24, 2.45) is 0 Å². The molecule has 2 aromatic rings. The van der Waals surface area contributed by atoms with Gasteiger partial charge in [-0.1, -0.05) is 0 Å². The van der Waals surface area contributed by atoms with Gasteiger partial charge in [-0.25, -0.2) is 0 Å². The molecule has 0 radical (unpaired) electrons. The minimum Gasteiger partial charge on any atom is -0.503 e. The van der Waals surface area contributed by atoms with Crippen LogP contribution in [0.3, 0.4) is 0 Å². The maximum atomic E-state index is 12.5. The van der Waals surface area contributed by atoms with E-state index in [9.17, 15) is 9.90 Å². The van der Waals surface area contributed by atoms with Crippen molar-refractivity contribution in [2.45, 2.75) is 6.54 Å². The first-order valence-electron chi connectivity index (χ1n) is 6.93. The van der Waals surface area contributed by atoms with Gasteiger partial charge in [-0.2, -0.15) is 0 Å². The van der Waals surface area contributed by atoms with Gasteiger partial charge in [-0.15, -0.1) is 0 Å². The normalized spacial score (nSPS) is 15.9. The number of carbonyl (C=O) groups excluding carboxylic acids is 1. The predicted octanol–water partition coefficient (Wildman–Crippen LogP) is 3.01. The van der Waals surface area contributed by atoms with Crippen LogP contribution >= 0.6 is 28.1 Å². The molecule has 1 aliphatic heterocycles. The molecule has 1 saturated heterocycles. The summed E-state index contributed by atoms with van der Waals surface area (Å²) in [5.41, 5.74) is 1.02. The molecule has 0 saturated carbocycles. The number of furan rings is 1. The van der Waals surface area contributed by atoms with Crippen LogP contribution in [0.1, 0.15) is 11.3 Å². The molecule has 124 valence electrons. The summed E-state index contributed by atoms with van der Waals surface area (Å²) in [6, 6.07) is 6.83. The van der Waals surface area contributed by atoms with Gasteiger partial charge in [-0.05, 0) is 64.1 Å². The van der Waals surface area contributed by atoms with E-state index >= 15 is 0 Å². The second-order valence-electron chi connectivity index (χ2n) is 5.01. The van der Waals surface area contributed by atoms with Gasteiger partial charge in [-0.3, -0.25) is 9.69 Å². The Morgan fingerprint density at radius 2 is 2.29 bits per heavy atom. The van der Waals surface area contributed by atoms with Crippen LogP contribution in [-0.2, 0) is 11.3 Å². The maximum Gasteiger partial charge on any atom is 0.276 e. The second-order valence-corrected chi connectivity index (χ2v) is 6.25. The molecular weight excluding hydrogens is 396 g/mol. The summed E-state index contributed by atoms with van der Waals surface area (Å²) in [6.45, 7) is 0.262. The number of rotatable bonds is 4. The third-order valence-electron chi connectivity index (χ3n) is 3.44. The van der Waals surface area contributed by atoms with Crippen molar-refractivity contribution in [1.82, 2.24) is 10.2 Å². The first-order valence-corrected chi connectivity index (χ1v) is 8.13. The van der Waals surface area contributed by atoms with E-state index in [4.69, 9.17) is 21.4 Å². The van der Waals surface area contributed by atoms with Crippen molar-refractivity contribution in [1.29, 1.82) is 0 Å². The Hall–Kier alpha value is -2.32. The Balaban J connectivity index is 1.87. The van der Waals surface area contributed by atoms with E-state index < -0.39 is 0 Å². The smallest absolute Gasteiger partial charge is 0.276 e. The van der Waals surface area contributed by atoms with E-state index in [1.807, 2.05) is 0 Å². The lowest BCUT2D eigenvalue weighted by atomic mass is 10.1. The van der Waals surface area contributed by atoms with Crippen LogP contribution in [0.4, 0.5) is 0 Å². The minimum atomic E-state index is -0.250. The molecule has 1 aromatic heterocycles. The van der Waals surface area contributed by atoms with Crippen molar-refractivity contribution < 1.29 is 19.1 Å². The molecule has 3 rings (SSSR count). The van der Waals surface area contributed by atoms with Crippen LogP contribution in [0.2, 0.25) is 0 Å². The van der Waals surface area contributed by atoms with Gasteiger partial charge in [0.15, 0.2) is 16.6 Å². The highest BCUT2D eigenvalue weighted by molar-refractivity contribution is 9.10. The Morgan fingerprint density at radius 1 is 1.50 bits per heavy atom. The fourth-order valence-corrected chi connectivity index (χ4v) is 2.99. The van der Waals surface area contributed by atoms with Gasteiger partial charge in [0, 0.05) is 0 Å². The number of halogens is 1. The summed E-state index contributed by atoms with van der Waals surface area (Å²) < 4.78 is 10.8. The number of methoxy groups -OCH3 is 1. The van der Waals surface area contributed by atoms with Crippen molar-refractivity contribution >= 4 is 45.2 Å². The molecule has 0 aliphatic carbocycles. The molecular formula is C16H13BrN2O4S. The molecule has 0 atom stereocenters. The van der Waals surface area contributed by atoms with Crippen LogP contribution in [-0.4, -0.2) is 28.1 Å². The van der Waals surface area contributed by atoms with Crippen LogP contribution in [0, 0.1) is 0 Å².